The van der Waals surface area contributed by atoms with E-state index in [0.29, 0.717) is 17.0 Å². The molecule has 1 aliphatic carbocycles. The zero-order chi connectivity index (χ0) is 13.2. The van der Waals surface area contributed by atoms with Gasteiger partial charge in [-0.3, -0.25) is 4.79 Å². The lowest BCUT2D eigenvalue weighted by Gasteiger charge is -2.41. The number of nitrogen functional groups attached to an aromatic ring is 1. The Morgan fingerprint density at radius 2 is 2.28 bits per heavy atom. The first kappa shape index (κ1) is 12.7. The molecular formula is C13H18N2O3. The molecule has 1 saturated carbocycles. The van der Waals surface area contributed by atoms with E-state index >= 15 is 0 Å². The van der Waals surface area contributed by atoms with E-state index in [1.807, 2.05) is 0 Å². The summed E-state index contributed by atoms with van der Waals surface area (Å²) in [5.41, 5.74) is 6.11. The number of rotatable bonds is 4. The van der Waals surface area contributed by atoms with E-state index in [1.165, 1.54) is 7.11 Å². The van der Waals surface area contributed by atoms with Crippen molar-refractivity contribution < 1.29 is 14.6 Å². The fraction of sp³-hybridized carbons (Fsp3) is 0.462. The molecule has 0 heterocycles. The highest BCUT2D eigenvalue weighted by Gasteiger charge is 2.38. The van der Waals surface area contributed by atoms with E-state index in [0.717, 1.165) is 19.3 Å². The quantitative estimate of drug-likeness (QED) is 0.694. The molecule has 0 saturated heterocycles. The van der Waals surface area contributed by atoms with Crippen molar-refractivity contribution in [2.24, 2.45) is 0 Å². The third-order valence-electron chi connectivity index (χ3n) is 3.50. The highest BCUT2D eigenvalue weighted by atomic mass is 16.5. The number of carbonyl (C=O) groups is 1. The van der Waals surface area contributed by atoms with Crippen LogP contribution in [0.3, 0.4) is 0 Å². The highest BCUT2D eigenvalue weighted by molar-refractivity contribution is 6.00. The Kier molecular flexibility index (Phi) is 3.43. The first-order valence-electron chi connectivity index (χ1n) is 5.97. The number of hydrogen-bond acceptors (Lipinski definition) is 4. The Labute approximate surface area is 106 Å². The third-order valence-corrected chi connectivity index (χ3v) is 3.50. The number of aliphatic hydroxyl groups excluding tert-OH is 1. The van der Waals surface area contributed by atoms with Crippen molar-refractivity contribution in [3.05, 3.63) is 23.8 Å². The maximum absolute atomic E-state index is 12.1. The van der Waals surface area contributed by atoms with Gasteiger partial charge in [-0.2, -0.15) is 0 Å². The van der Waals surface area contributed by atoms with Crippen molar-refractivity contribution >= 4 is 11.6 Å². The van der Waals surface area contributed by atoms with Crippen LogP contribution in [-0.2, 0) is 0 Å². The molecule has 4 N–H and O–H groups in total. The molecule has 1 fully saturated rings. The van der Waals surface area contributed by atoms with Crippen molar-refractivity contribution in [3.8, 4) is 5.75 Å². The lowest BCUT2D eigenvalue weighted by Crippen LogP contribution is -2.56. The van der Waals surface area contributed by atoms with Crippen molar-refractivity contribution in [1.29, 1.82) is 0 Å². The molecule has 5 heteroatoms. The molecule has 1 aliphatic rings. The van der Waals surface area contributed by atoms with E-state index in [2.05, 4.69) is 5.32 Å². The number of methoxy groups -OCH3 is 1. The van der Waals surface area contributed by atoms with Gasteiger partial charge in [-0.15, -0.1) is 0 Å². The van der Waals surface area contributed by atoms with Crippen molar-refractivity contribution in [2.45, 2.75) is 24.8 Å². The van der Waals surface area contributed by atoms with Crippen LogP contribution in [0.15, 0.2) is 18.2 Å². The summed E-state index contributed by atoms with van der Waals surface area (Å²) in [6.07, 6.45) is 2.63. The molecule has 0 bridgehead atoms. The van der Waals surface area contributed by atoms with Crippen LogP contribution in [-0.4, -0.2) is 30.3 Å². The monoisotopic (exact) mass is 250 g/mol. The minimum absolute atomic E-state index is 0.0391. The van der Waals surface area contributed by atoms with E-state index < -0.39 is 5.54 Å². The lowest BCUT2D eigenvalue weighted by atomic mass is 9.77. The number of ether oxygens (including phenoxy) is 1. The van der Waals surface area contributed by atoms with Gasteiger partial charge < -0.3 is 20.9 Å². The molecule has 0 radical (unpaired) electrons. The largest absolute Gasteiger partial charge is 0.497 e. The molecule has 1 aromatic rings. The third kappa shape index (κ3) is 2.26. The summed E-state index contributed by atoms with van der Waals surface area (Å²) in [5.74, 6) is 0.321. The summed E-state index contributed by atoms with van der Waals surface area (Å²) < 4.78 is 5.07. The second-order valence-electron chi connectivity index (χ2n) is 4.70. The highest BCUT2D eigenvalue weighted by Crippen LogP contribution is 2.32. The number of nitrogens with one attached hydrogen (secondary N) is 1. The van der Waals surface area contributed by atoms with E-state index in [-0.39, 0.29) is 12.5 Å². The average Bonchev–Trinajstić information content (AvgIpc) is 2.34. The first-order valence-corrected chi connectivity index (χ1v) is 5.97. The predicted octanol–water partition coefficient (Wildman–Crippen LogP) is 0.922. The van der Waals surface area contributed by atoms with Gasteiger partial charge in [-0.1, -0.05) is 0 Å². The molecule has 0 unspecified atom stereocenters. The summed E-state index contributed by atoms with van der Waals surface area (Å²) in [6, 6.07) is 4.95. The van der Waals surface area contributed by atoms with Crippen LogP contribution in [0.25, 0.3) is 0 Å². The summed E-state index contributed by atoms with van der Waals surface area (Å²) in [7, 11) is 1.54. The molecule has 0 aliphatic heterocycles. The van der Waals surface area contributed by atoms with Crippen molar-refractivity contribution in [1.82, 2.24) is 5.32 Å². The smallest absolute Gasteiger partial charge is 0.254 e. The second kappa shape index (κ2) is 4.86. The zero-order valence-corrected chi connectivity index (χ0v) is 10.4. The lowest BCUT2D eigenvalue weighted by molar-refractivity contribution is 0.0642. The predicted molar refractivity (Wildman–Crippen MR) is 68.5 cm³/mol. The van der Waals surface area contributed by atoms with Crippen molar-refractivity contribution in [3.63, 3.8) is 0 Å². The van der Waals surface area contributed by atoms with Gasteiger partial charge in [0.05, 0.1) is 24.8 Å². The van der Waals surface area contributed by atoms with Gasteiger partial charge in [0.15, 0.2) is 0 Å². The van der Waals surface area contributed by atoms with Crippen LogP contribution < -0.4 is 15.8 Å². The number of benzene rings is 1. The van der Waals surface area contributed by atoms with Gasteiger partial charge in [-0.25, -0.2) is 0 Å². The zero-order valence-electron chi connectivity index (χ0n) is 10.4. The minimum Gasteiger partial charge on any atom is -0.497 e. The molecule has 98 valence electrons. The van der Waals surface area contributed by atoms with Crippen LogP contribution in [0.1, 0.15) is 29.6 Å². The molecule has 0 atom stereocenters. The maximum Gasteiger partial charge on any atom is 0.254 e. The van der Waals surface area contributed by atoms with Crippen LogP contribution in [0.2, 0.25) is 0 Å². The van der Waals surface area contributed by atoms with Crippen LogP contribution in [0.4, 0.5) is 5.69 Å². The van der Waals surface area contributed by atoms with E-state index in [4.69, 9.17) is 10.5 Å². The van der Waals surface area contributed by atoms with Crippen LogP contribution in [0.5, 0.6) is 5.75 Å². The molecule has 0 spiro atoms. The van der Waals surface area contributed by atoms with Gasteiger partial charge in [0.2, 0.25) is 0 Å². The van der Waals surface area contributed by atoms with E-state index in [9.17, 15) is 9.90 Å². The standard InChI is InChI=1S/C13H18N2O3/c1-18-9-3-4-11(14)10(7-9)12(17)15-13(8-16)5-2-6-13/h3-4,7,16H,2,5-6,8,14H2,1H3,(H,15,17). The molecule has 1 aromatic carbocycles. The van der Waals surface area contributed by atoms with Gasteiger partial charge in [0.25, 0.3) is 5.91 Å². The Bertz CT molecular complexity index is 450. The molecule has 18 heavy (non-hydrogen) atoms. The summed E-state index contributed by atoms with van der Waals surface area (Å²) >= 11 is 0. The normalized spacial score (nSPS) is 16.8. The summed E-state index contributed by atoms with van der Waals surface area (Å²) in [6.45, 7) is -0.0391. The molecule has 0 aromatic heterocycles. The number of hydrogen-bond donors (Lipinski definition) is 3. The number of aliphatic hydroxyl groups is 1. The Morgan fingerprint density at radius 3 is 2.78 bits per heavy atom. The van der Waals surface area contributed by atoms with Crippen molar-refractivity contribution in [2.75, 3.05) is 19.5 Å². The topological polar surface area (TPSA) is 84.6 Å². The average molecular weight is 250 g/mol. The first-order chi connectivity index (χ1) is 8.60. The number of carbonyl (C=O) groups excluding carboxylic acids is 1. The van der Waals surface area contributed by atoms with Gasteiger partial charge in [0, 0.05) is 5.69 Å². The summed E-state index contributed by atoms with van der Waals surface area (Å²) in [5, 5.41) is 12.2. The Hall–Kier alpha value is -1.75. The molecule has 2 rings (SSSR count). The number of anilines is 1. The molecule has 1 amide bonds. The fourth-order valence-electron chi connectivity index (χ4n) is 2.09. The minimum atomic E-state index is -0.466. The Balaban J connectivity index is 2.18. The van der Waals surface area contributed by atoms with Crippen LogP contribution in [0, 0.1) is 0 Å². The van der Waals surface area contributed by atoms with Gasteiger partial charge in [-0.05, 0) is 37.5 Å². The maximum atomic E-state index is 12.1. The van der Waals surface area contributed by atoms with Crippen LogP contribution >= 0.6 is 0 Å². The Morgan fingerprint density at radius 1 is 1.56 bits per heavy atom. The second-order valence-corrected chi connectivity index (χ2v) is 4.70. The van der Waals surface area contributed by atoms with E-state index in [1.54, 1.807) is 18.2 Å². The summed E-state index contributed by atoms with van der Waals surface area (Å²) in [4.78, 5) is 12.1. The van der Waals surface area contributed by atoms with Gasteiger partial charge in [0.1, 0.15) is 5.75 Å². The molecular weight excluding hydrogens is 232 g/mol. The SMILES string of the molecule is COc1ccc(N)c(C(=O)NC2(CO)CCC2)c1. The fourth-order valence-corrected chi connectivity index (χ4v) is 2.09. The number of amides is 1. The number of nitrogens with two attached hydrogens (primary N) is 1. The molecule has 5 nitrogen and oxygen atoms in total. The van der Waals surface area contributed by atoms with Gasteiger partial charge >= 0.3 is 0 Å².